The Morgan fingerprint density at radius 2 is 1.81 bits per heavy atom. The van der Waals surface area contributed by atoms with Crippen molar-refractivity contribution in [2.75, 3.05) is 5.32 Å². The second kappa shape index (κ2) is 8.05. The lowest BCUT2D eigenvalue weighted by molar-refractivity contribution is 0.0636. The molecule has 1 amide bonds. The van der Waals surface area contributed by atoms with Crippen LogP contribution in [0, 0.1) is 0 Å². The Labute approximate surface area is 189 Å². The molecule has 0 aliphatic heterocycles. The number of phenolic OH excluding ortho intramolecular Hbond substituents is 2. The van der Waals surface area contributed by atoms with Crippen molar-refractivity contribution >= 4 is 34.5 Å². The summed E-state index contributed by atoms with van der Waals surface area (Å²) in [5.74, 6) is -0.0103. The predicted molar refractivity (Wildman–Crippen MR) is 122 cm³/mol. The number of hydrogen-bond donors (Lipinski definition) is 3. The van der Waals surface area contributed by atoms with Gasteiger partial charge in [-0.3, -0.25) is 9.88 Å². The summed E-state index contributed by atoms with van der Waals surface area (Å²) in [5.41, 5.74) is 2.16. The lowest BCUT2D eigenvalue weighted by atomic mass is 10.1. The molecule has 0 atom stereocenters. The molecule has 2 aromatic carbocycles. The van der Waals surface area contributed by atoms with Gasteiger partial charge in [0.25, 0.3) is 0 Å². The monoisotopic (exact) mass is 452 g/mol. The Bertz CT molecular complexity index is 1310. The van der Waals surface area contributed by atoms with Crippen LogP contribution in [0.5, 0.6) is 11.5 Å². The van der Waals surface area contributed by atoms with Crippen molar-refractivity contribution in [1.82, 2.24) is 14.5 Å². The van der Waals surface area contributed by atoms with Crippen LogP contribution in [-0.2, 0) is 4.74 Å². The number of aromatic nitrogens is 3. The number of carbonyl (C=O) groups excluding carboxylic acids is 1. The number of nitrogens with one attached hydrogen (secondary N) is 1. The highest BCUT2D eigenvalue weighted by Gasteiger charge is 2.20. The predicted octanol–water partition coefficient (Wildman–Crippen LogP) is 5.50. The topological polar surface area (TPSA) is 110 Å². The zero-order valence-electron chi connectivity index (χ0n) is 17.6. The number of benzene rings is 2. The van der Waals surface area contributed by atoms with E-state index in [0.717, 1.165) is 0 Å². The molecule has 0 fully saturated rings. The average Bonchev–Trinajstić information content (AvgIpc) is 3.09. The van der Waals surface area contributed by atoms with E-state index in [1.807, 2.05) is 0 Å². The highest BCUT2D eigenvalue weighted by atomic mass is 35.5. The average molecular weight is 453 g/mol. The maximum atomic E-state index is 12.0. The minimum Gasteiger partial charge on any atom is -0.507 e. The van der Waals surface area contributed by atoms with Gasteiger partial charge in [-0.1, -0.05) is 11.6 Å². The third kappa shape index (κ3) is 4.31. The van der Waals surface area contributed by atoms with E-state index in [4.69, 9.17) is 16.3 Å². The summed E-state index contributed by atoms with van der Waals surface area (Å²) >= 11 is 6.08. The summed E-state index contributed by atoms with van der Waals surface area (Å²) in [7, 11) is 0. The van der Waals surface area contributed by atoms with Gasteiger partial charge in [-0.05, 0) is 63.2 Å². The van der Waals surface area contributed by atoms with E-state index in [0.29, 0.717) is 33.9 Å². The first-order chi connectivity index (χ1) is 15.1. The number of nitrogens with zero attached hydrogens (tertiary/aromatic N) is 3. The lowest BCUT2D eigenvalue weighted by Gasteiger charge is -2.19. The van der Waals surface area contributed by atoms with Crippen LogP contribution < -0.4 is 5.32 Å². The second-order valence-corrected chi connectivity index (χ2v) is 8.52. The van der Waals surface area contributed by atoms with E-state index in [1.165, 1.54) is 12.1 Å². The van der Waals surface area contributed by atoms with Gasteiger partial charge in [0.05, 0.1) is 10.6 Å². The van der Waals surface area contributed by atoms with Gasteiger partial charge in [0.1, 0.15) is 22.6 Å². The first kappa shape index (κ1) is 21.5. The molecule has 8 nitrogen and oxygen atoms in total. The fourth-order valence-electron chi connectivity index (χ4n) is 3.18. The second-order valence-electron chi connectivity index (χ2n) is 8.11. The third-order valence-electron chi connectivity index (χ3n) is 4.49. The normalized spacial score (nSPS) is 11.5. The first-order valence-electron chi connectivity index (χ1n) is 9.78. The van der Waals surface area contributed by atoms with Crippen LogP contribution in [0.2, 0.25) is 5.02 Å². The minimum absolute atomic E-state index is 0.0845. The van der Waals surface area contributed by atoms with Gasteiger partial charge in [0.15, 0.2) is 11.5 Å². The Kier molecular flexibility index (Phi) is 5.40. The first-order valence-corrected chi connectivity index (χ1v) is 10.2. The summed E-state index contributed by atoms with van der Waals surface area (Å²) in [4.78, 5) is 21.1. The van der Waals surface area contributed by atoms with Gasteiger partial charge in [0.2, 0.25) is 0 Å². The Balaban J connectivity index is 1.77. The summed E-state index contributed by atoms with van der Waals surface area (Å²) in [5, 5.41) is 23.0. The molecule has 4 aromatic rings. The number of aromatic hydroxyl groups is 2. The van der Waals surface area contributed by atoms with Crippen molar-refractivity contribution in [2.45, 2.75) is 26.4 Å². The molecule has 0 aliphatic carbocycles. The van der Waals surface area contributed by atoms with E-state index < -0.39 is 11.7 Å². The number of amides is 1. The zero-order chi connectivity index (χ0) is 23.0. The molecule has 0 spiro atoms. The number of carbonyl (C=O) groups is 1. The van der Waals surface area contributed by atoms with Crippen molar-refractivity contribution < 1.29 is 19.7 Å². The quantitative estimate of drug-likeness (QED) is 0.378. The molecule has 164 valence electrons. The van der Waals surface area contributed by atoms with Crippen LogP contribution in [-0.4, -0.2) is 36.4 Å². The number of anilines is 1. The summed E-state index contributed by atoms with van der Waals surface area (Å²) in [6, 6.07) is 13.2. The molecule has 0 aliphatic rings. The van der Waals surface area contributed by atoms with E-state index in [9.17, 15) is 15.0 Å². The number of pyridine rings is 1. The van der Waals surface area contributed by atoms with Gasteiger partial charge in [0, 0.05) is 23.6 Å². The molecule has 2 heterocycles. The maximum absolute atomic E-state index is 12.0. The van der Waals surface area contributed by atoms with E-state index in [-0.39, 0.29) is 16.5 Å². The molecule has 32 heavy (non-hydrogen) atoms. The van der Waals surface area contributed by atoms with E-state index in [1.54, 1.807) is 67.9 Å². The smallest absolute Gasteiger partial charge is 0.412 e. The summed E-state index contributed by atoms with van der Waals surface area (Å²) in [6.07, 6.45) is 1.09. The van der Waals surface area contributed by atoms with Crippen LogP contribution in [0.25, 0.3) is 28.2 Å². The summed E-state index contributed by atoms with van der Waals surface area (Å²) in [6.45, 7) is 5.37. The fraction of sp³-hybridized carbons (Fsp3) is 0.174. The van der Waals surface area contributed by atoms with Crippen LogP contribution in [0.3, 0.4) is 0 Å². The number of halogens is 1. The molecule has 4 rings (SSSR count). The molecule has 0 bridgehead atoms. The molecule has 3 N–H and O–H groups in total. The SMILES string of the molecule is CC(C)(C)OC(=O)Nc1ccc(-n2c(-c3cc(Cl)c(O)cc3O)nc3cccnc32)cc1. The molecular weight excluding hydrogens is 432 g/mol. The maximum Gasteiger partial charge on any atom is 0.412 e. The molecule has 0 saturated carbocycles. The number of ether oxygens (including phenoxy) is 1. The van der Waals surface area contributed by atoms with Gasteiger partial charge < -0.3 is 14.9 Å². The number of phenols is 2. The number of hydrogen-bond acceptors (Lipinski definition) is 6. The van der Waals surface area contributed by atoms with Crippen LogP contribution >= 0.6 is 11.6 Å². The lowest BCUT2D eigenvalue weighted by Crippen LogP contribution is -2.27. The zero-order valence-corrected chi connectivity index (χ0v) is 18.4. The Hall–Kier alpha value is -3.78. The van der Waals surface area contributed by atoms with Crippen LogP contribution in [0.15, 0.2) is 54.7 Å². The molecule has 2 aromatic heterocycles. The van der Waals surface area contributed by atoms with Crippen molar-refractivity contribution in [3.8, 4) is 28.6 Å². The van der Waals surface area contributed by atoms with Crippen molar-refractivity contribution in [3.05, 3.63) is 59.8 Å². The van der Waals surface area contributed by atoms with Gasteiger partial charge in [-0.2, -0.15) is 0 Å². The van der Waals surface area contributed by atoms with E-state index >= 15 is 0 Å². The minimum atomic E-state index is -0.603. The molecule has 9 heteroatoms. The Morgan fingerprint density at radius 3 is 2.50 bits per heavy atom. The highest BCUT2D eigenvalue weighted by molar-refractivity contribution is 6.32. The van der Waals surface area contributed by atoms with Crippen molar-refractivity contribution in [3.63, 3.8) is 0 Å². The van der Waals surface area contributed by atoms with Crippen molar-refractivity contribution in [1.29, 1.82) is 0 Å². The standard InChI is InChI=1S/C23H21ClN4O4/c1-23(2,3)32-22(31)26-13-6-8-14(9-7-13)28-20(27-17-5-4-10-25-21(17)28)15-11-16(24)19(30)12-18(15)29/h4-12,29-30H,1-3H3,(H,26,31). The molecule has 0 radical (unpaired) electrons. The number of fused-ring (bicyclic) bond motifs is 1. The van der Waals surface area contributed by atoms with E-state index in [2.05, 4.69) is 15.3 Å². The third-order valence-corrected chi connectivity index (χ3v) is 4.80. The molecule has 0 unspecified atom stereocenters. The van der Waals surface area contributed by atoms with Crippen LogP contribution in [0.1, 0.15) is 20.8 Å². The largest absolute Gasteiger partial charge is 0.507 e. The Morgan fingerprint density at radius 1 is 1.09 bits per heavy atom. The highest BCUT2D eigenvalue weighted by Crippen LogP contribution is 2.38. The number of rotatable bonds is 3. The number of imidazole rings is 1. The molecule has 0 saturated heterocycles. The summed E-state index contributed by atoms with van der Waals surface area (Å²) < 4.78 is 7.04. The fourth-order valence-corrected chi connectivity index (χ4v) is 3.35. The van der Waals surface area contributed by atoms with Crippen molar-refractivity contribution in [2.24, 2.45) is 0 Å². The van der Waals surface area contributed by atoms with Gasteiger partial charge in [-0.15, -0.1) is 0 Å². The molecular formula is C23H21ClN4O4. The van der Waals surface area contributed by atoms with Gasteiger partial charge in [-0.25, -0.2) is 14.8 Å². The van der Waals surface area contributed by atoms with Gasteiger partial charge >= 0.3 is 6.09 Å². The van der Waals surface area contributed by atoms with Crippen LogP contribution in [0.4, 0.5) is 10.5 Å².